The van der Waals surface area contributed by atoms with Crippen molar-refractivity contribution in [1.29, 1.82) is 0 Å². The van der Waals surface area contributed by atoms with E-state index >= 15 is 0 Å². The smallest absolute Gasteiger partial charge is 0.291 e. The first-order chi connectivity index (χ1) is 10.1. The maximum atomic E-state index is 12.0. The number of anilines is 1. The van der Waals surface area contributed by atoms with Gasteiger partial charge in [0.2, 0.25) is 0 Å². The van der Waals surface area contributed by atoms with Crippen molar-refractivity contribution < 1.29 is 14.6 Å². The van der Waals surface area contributed by atoms with Crippen LogP contribution in [0.4, 0.5) is 17.1 Å². The topological polar surface area (TPSA) is 134 Å². The largest absolute Gasteiger partial charge is 0.319 e. The Morgan fingerprint density at radius 1 is 1.00 bits per heavy atom. The molecule has 0 fully saturated rings. The van der Waals surface area contributed by atoms with Gasteiger partial charge in [-0.15, -0.1) is 0 Å². The molecule has 0 spiro atoms. The first kappa shape index (κ1) is 17.3. The van der Waals surface area contributed by atoms with Gasteiger partial charge in [0, 0.05) is 40.3 Å². The highest BCUT2D eigenvalue weighted by Gasteiger charge is 2.32. The summed E-state index contributed by atoms with van der Waals surface area (Å²) in [4.78, 5) is 32.7. The molecular formula is C11H16N6O5. The van der Waals surface area contributed by atoms with E-state index in [9.17, 15) is 25.0 Å². The predicted octanol–water partition coefficient (Wildman–Crippen LogP) is 0.598. The number of carbonyl (C=O) groups excluding carboxylic acids is 1. The summed E-state index contributed by atoms with van der Waals surface area (Å²) in [6, 6.07) is 2.13. The fourth-order valence-corrected chi connectivity index (χ4v) is 1.71. The normalized spacial score (nSPS) is 10.6. The van der Waals surface area contributed by atoms with Crippen LogP contribution in [-0.2, 0) is 0 Å². The molecule has 0 heterocycles. The quantitative estimate of drug-likeness (QED) is 0.576. The Bertz CT molecular complexity index is 580. The minimum absolute atomic E-state index is 0.129. The van der Waals surface area contributed by atoms with Crippen LogP contribution in [0.25, 0.3) is 0 Å². The third-order valence-electron chi connectivity index (χ3n) is 2.40. The highest BCUT2D eigenvalue weighted by molar-refractivity contribution is 6.02. The first-order valence-corrected chi connectivity index (χ1v) is 6.02. The maximum absolute atomic E-state index is 12.0. The molecule has 1 aromatic carbocycles. The Hall–Kier alpha value is -2.79. The Morgan fingerprint density at radius 2 is 1.45 bits per heavy atom. The summed E-state index contributed by atoms with van der Waals surface area (Å²) in [6.45, 7) is 0. The second kappa shape index (κ2) is 6.78. The van der Waals surface area contributed by atoms with Crippen molar-refractivity contribution >= 4 is 23.0 Å². The van der Waals surface area contributed by atoms with Crippen molar-refractivity contribution in [1.82, 2.24) is 15.4 Å². The SMILES string of the molecule is CN(C)NC(=O)c1c([N+](=O)[O-])cc(NN(C)C)cc1[N+](=O)[O-]. The van der Waals surface area contributed by atoms with Crippen LogP contribution in [0.2, 0.25) is 0 Å². The van der Waals surface area contributed by atoms with Crippen molar-refractivity contribution in [3.63, 3.8) is 0 Å². The highest BCUT2D eigenvalue weighted by Crippen LogP contribution is 2.32. The van der Waals surface area contributed by atoms with Crippen molar-refractivity contribution in [3.8, 4) is 0 Å². The molecule has 11 nitrogen and oxygen atoms in total. The standard InChI is InChI=1S/C11H16N6O5/c1-14(2)12-7-5-8(16(19)20)10(9(6-7)17(21)22)11(18)13-15(3)4/h5-6,12H,1-4H3,(H,13,18). The maximum Gasteiger partial charge on any atom is 0.291 e. The molecule has 0 aromatic heterocycles. The lowest BCUT2D eigenvalue weighted by Gasteiger charge is -2.15. The van der Waals surface area contributed by atoms with Crippen LogP contribution in [0.5, 0.6) is 0 Å². The molecule has 1 rings (SSSR count). The zero-order chi connectivity index (χ0) is 17.0. The summed E-state index contributed by atoms with van der Waals surface area (Å²) in [5.74, 6) is -0.931. The van der Waals surface area contributed by atoms with Crippen molar-refractivity contribution in [3.05, 3.63) is 37.9 Å². The number of hydrogen-bond acceptors (Lipinski definition) is 8. The second-order valence-corrected chi connectivity index (χ2v) is 4.75. The molecule has 120 valence electrons. The molecule has 0 saturated heterocycles. The third kappa shape index (κ3) is 4.10. The van der Waals surface area contributed by atoms with E-state index in [0.29, 0.717) is 0 Å². The van der Waals surface area contributed by atoms with E-state index in [4.69, 9.17) is 0 Å². The lowest BCUT2D eigenvalue weighted by atomic mass is 10.1. The number of hydrogen-bond donors (Lipinski definition) is 2. The van der Waals surface area contributed by atoms with E-state index in [1.807, 2.05) is 0 Å². The van der Waals surface area contributed by atoms with Gasteiger partial charge in [0.05, 0.1) is 15.5 Å². The summed E-state index contributed by atoms with van der Waals surface area (Å²) in [5.41, 5.74) is 3.17. The van der Waals surface area contributed by atoms with Crippen LogP contribution in [-0.4, -0.2) is 54.0 Å². The number of amides is 1. The number of nitrogens with one attached hydrogen (secondary N) is 2. The average molecular weight is 312 g/mol. The fourth-order valence-electron chi connectivity index (χ4n) is 1.71. The minimum Gasteiger partial charge on any atom is -0.319 e. The molecule has 1 amide bonds. The van der Waals surface area contributed by atoms with E-state index in [2.05, 4.69) is 10.9 Å². The lowest BCUT2D eigenvalue weighted by Crippen LogP contribution is -2.36. The zero-order valence-corrected chi connectivity index (χ0v) is 12.5. The molecule has 0 aliphatic heterocycles. The first-order valence-electron chi connectivity index (χ1n) is 6.02. The molecule has 22 heavy (non-hydrogen) atoms. The van der Waals surface area contributed by atoms with E-state index < -0.39 is 32.7 Å². The van der Waals surface area contributed by atoms with Gasteiger partial charge in [-0.2, -0.15) is 0 Å². The molecule has 0 atom stereocenters. The summed E-state index contributed by atoms with van der Waals surface area (Å²) in [6.07, 6.45) is 0. The van der Waals surface area contributed by atoms with Crippen LogP contribution in [0.3, 0.4) is 0 Å². The Balaban J connectivity index is 3.53. The predicted molar refractivity (Wildman–Crippen MR) is 78.2 cm³/mol. The second-order valence-electron chi connectivity index (χ2n) is 4.75. The molecule has 0 unspecified atom stereocenters. The molecule has 1 aromatic rings. The van der Waals surface area contributed by atoms with Gasteiger partial charge in [-0.05, 0) is 0 Å². The fraction of sp³-hybridized carbons (Fsp3) is 0.364. The number of nitro groups is 2. The summed E-state index contributed by atoms with van der Waals surface area (Å²) in [7, 11) is 6.20. The lowest BCUT2D eigenvalue weighted by molar-refractivity contribution is -0.394. The number of benzene rings is 1. The molecule has 2 N–H and O–H groups in total. The van der Waals surface area contributed by atoms with Gasteiger partial charge in [0.15, 0.2) is 5.56 Å². The van der Waals surface area contributed by atoms with Gasteiger partial charge < -0.3 is 5.43 Å². The minimum atomic E-state index is -0.931. The van der Waals surface area contributed by atoms with Crippen LogP contribution in [0.1, 0.15) is 10.4 Å². The van der Waals surface area contributed by atoms with Crippen molar-refractivity contribution in [2.75, 3.05) is 33.6 Å². The van der Waals surface area contributed by atoms with Crippen LogP contribution >= 0.6 is 0 Å². The number of hydrazine groups is 2. The Morgan fingerprint density at radius 3 is 1.77 bits per heavy atom. The summed E-state index contributed by atoms with van der Waals surface area (Å²) in [5, 5.41) is 25.0. The van der Waals surface area contributed by atoms with E-state index in [0.717, 1.165) is 12.1 Å². The molecule has 0 radical (unpaired) electrons. The van der Waals surface area contributed by atoms with Gasteiger partial charge in [-0.1, -0.05) is 0 Å². The van der Waals surface area contributed by atoms with E-state index in [1.165, 1.54) is 24.1 Å². The van der Waals surface area contributed by atoms with Gasteiger partial charge >= 0.3 is 0 Å². The number of nitrogens with zero attached hydrogens (tertiary/aromatic N) is 4. The number of nitro benzene ring substituents is 2. The van der Waals surface area contributed by atoms with Crippen molar-refractivity contribution in [2.24, 2.45) is 0 Å². The highest BCUT2D eigenvalue weighted by atomic mass is 16.6. The van der Waals surface area contributed by atoms with Gasteiger partial charge in [-0.3, -0.25) is 30.4 Å². The average Bonchev–Trinajstić information content (AvgIpc) is 2.35. The molecule has 0 saturated carbocycles. The monoisotopic (exact) mass is 312 g/mol. The van der Waals surface area contributed by atoms with Crippen LogP contribution in [0, 0.1) is 20.2 Å². The molecule has 11 heteroatoms. The summed E-state index contributed by atoms with van der Waals surface area (Å²) >= 11 is 0. The Kier molecular flexibility index (Phi) is 5.32. The molecule has 0 aliphatic carbocycles. The zero-order valence-electron chi connectivity index (χ0n) is 12.5. The number of rotatable bonds is 6. The molecule has 0 bridgehead atoms. The van der Waals surface area contributed by atoms with Gasteiger partial charge in [0.1, 0.15) is 0 Å². The molecule has 0 aliphatic rings. The Labute approximate surface area is 125 Å². The van der Waals surface area contributed by atoms with Crippen LogP contribution in [0.15, 0.2) is 12.1 Å². The third-order valence-corrected chi connectivity index (χ3v) is 2.40. The van der Waals surface area contributed by atoms with E-state index in [-0.39, 0.29) is 5.69 Å². The van der Waals surface area contributed by atoms with Crippen molar-refractivity contribution in [2.45, 2.75) is 0 Å². The number of carbonyl (C=O) groups is 1. The molecular weight excluding hydrogens is 296 g/mol. The summed E-state index contributed by atoms with van der Waals surface area (Å²) < 4.78 is 0. The van der Waals surface area contributed by atoms with Gasteiger partial charge in [-0.25, -0.2) is 10.0 Å². The van der Waals surface area contributed by atoms with E-state index in [1.54, 1.807) is 14.1 Å². The van der Waals surface area contributed by atoms with Crippen LogP contribution < -0.4 is 10.9 Å². The van der Waals surface area contributed by atoms with Gasteiger partial charge in [0.25, 0.3) is 17.3 Å².